The lowest BCUT2D eigenvalue weighted by Crippen LogP contribution is -2.52. The first-order chi connectivity index (χ1) is 20.1. The Balaban J connectivity index is 1.15. The first kappa shape index (κ1) is 28.5. The molecule has 1 aliphatic rings. The molecule has 4 heterocycles. The molecule has 4 aromatic rings. The molecule has 0 aliphatic carbocycles. The fraction of sp³-hybridized carbons (Fsp3) is 0.192. The van der Waals surface area contributed by atoms with Crippen molar-refractivity contribution in [3.8, 4) is 11.5 Å². The second-order valence-corrected chi connectivity index (χ2v) is 9.59. The number of carbonyl (C=O) groups excluding carboxylic acids is 2. The van der Waals surface area contributed by atoms with Gasteiger partial charge in [0.25, 0.3) is 5.91 Å². The van der Waals surface area contributed by atoms with Gasteiger partial charge in [-0.05, 0) is 42.0 Å². The Kier molecular flexibility index (Phi) is 8.06. The van der Waals surface area contributed by atoms with Crippen LogP contribution in [0.2, 0.25) is 0 Å². The van der Waals surface area contributed by atoms with E-state index in [9.17, 15) is 27.2 Å². The van der Waals surface area contributed by atoms with E-state index < -0.39 is 35.7 Å². The van der Waals surface area contributed by atoms with Crippen molar-refractivity contribution in [3.63, 3.8) is 0 Å². The predicted molar refractivity (Wildman–Crippen MR) is 144 cm³/mol. The average Bonchev–Trinajstić information content (AvgIpc) is 3.42. The van der Waals surface area contributed by atoms with Crippen molar-refractivity contribution in [2.75, 3.05) is 22.5 Å². The topological polar surface area (TPSA) is 139 Å². The van der Waals surface area contributed by atoms with E-state index in [2.05, 4.69) is 45.7 Å². The quantitative estimate of drug-likeness (QED) is 0.194. The minimum atomic E-state index is -4.89. The van der Waals surface area contributed by atoms with Gasteiger partial charge in [0, 0.05) is 49.4 Å². The zero-order chi connectivity index (χ0) is 29.7. The average molecular weight is 604 g/mol. The third kappa shape index (κ3) is 6.65. The van der Waals surface area contributed by atoms with Crippen LogP contribution in [0.1, 0.15) is 20.9 Å². The smallest absolute Gasteiger partial charge is 0.421 e. The van der Waals surface area contributed by atoms with Gasteiger partial charge in [-0.3, -0.25) is 15.1 Å². The summed E-state index contributed by atoms with van der Waals surface area (Å²) >= 11 is 1.01. The van der Waals surface area contributed by atoms with Gasteiger partial charge in [0.2, 0.25) is 0 Å². The maximum absolute atomic E-state index is 13.5. The Morgan fingerprint density at radius 1 is 0.881 bits per heavy atom. The molecule has 0 saturated carbocycles. The first-order valence-electron chi connectivity index (χ1n) is 12.3. The fourth-order valence-corrected chi connectivity index (χ4v) is 4.37. The van der Waals surface area contributed by atoms with Gasteiger partial charge in [-0.2, -0.15) is 17.6 Å². The SMILES string of the molecule is O=C(NCCc1ccccn1)Nc1cc(CNc2ncsc2C(=O)Nc2ccc3c(c2)OC(F)(F)C(F)(F)O3)ccn1. The highest BCUT2D eigenvalue weighted by molar-refractivity contribution is 7.12. The van der Waals surface area contributed by atoms with Gasteiger partial charge in [-0.25, -0.2) is 14.8 Å². The molecule has 218 valence electrons. The zero-order valence-corrected chi connectivity index (χ0v) is 22.2. The molecule has 5 rings (SSSR count). The van der Waals surface area contributed by atoms with Crippen molar-refractivity contribution in [1.82, 2.24) is 20.3 Å². The molecule has 42 heavy (non-hydrogen) atoms. The molecule has 11 nitrogen and oxygen atoms in total. The minimum Gasteiger partial charge on any atom is -0.421 e. The number of benzene rings is 1. The van der Waals surface area contributed by atoms with Crippen molar-refractivity contribution >= 4 is 40.6 Å². The molecule has 0 bridgehead atoms. The second-order valence-electron chi connectivity index (χ2n) is 8.74. The van der Waals surface area contributed by atoms with E-state index >= 15 is 0 Å². The van der Waals surface area contributed by atoms with Crippen LogP contribution in [0.4, 0.5) is 39.7 Å². The van der Waals surface area contributed by atoms with Crippen LogP contribution in [0.3, 0.4) is 0 Å². The van der Waals surface area contributed by atoms with Crippen molar-refractivity contribution in [2.24, 2.45) is 0 Å². The van der Waals surface area contributed by atoms with Crippen LogP contribution < -0.4 is 30.7 Å². The third-order valence-corrected chi connectivity index (χ3v) is 6.53. The maximum atomic E-state index is 13.5. The number of hydrogen-bond donors (Lipinski definition) is 4. The lowest BCUT2D eigenvalue weighted by atomic mass is 10.2. The molecule has 0 atom stereocenters. The lowest BCUT2D eigenvalue weighted by molar-refractivity contribution is -0.391. The summed E-state index contributed by atoms with van der Waals surface area (Å²) in [6, 6.07) is 11.6. The number of pyridine rings is 2. The molecule has 0 spiro atoms. The van der Waals surface area contributed by atoms with E-state index in [1.165, 1.54) is 17.8 Å². The van der Waals surface area contributed by atoms with E-state index in [1.807, 2.05) is 18.2 Å². The van der Waals surface area contributed by atoms with Crippen LogP contribution in [0.15, 0.2) is 66.4 Å². The number of anilines is 3. The molecule has 1 aliphatic heterocycles. The Morgan fingerprint density at radius 2 is 1.69 bits per heavy atom. The molecule has 3 amide bonds. The normalized spacial score (nSPS) is 14.5. The Hall–Kier alpha value is -4.99. The van der Waals surface area contributed by atoms with Gasteiger partial charge in [0.05, 0.1) is 5.51 Å². The van der Waals surface area contributed by atoms with Crippen molar-refractivity contribution in [3.05, 3.63) is 82.6 Å². The highest BCUT2D eigenvalue weighted by Crippen LogP contribution is 2.47. The molecule has 0 unspecified atom stereocenters. The molecule has 0 fully saturated rings. The lowest BCUT2D eigenvalue weighted by Gasteiger charge is -2.31. The highest BCUT2D eigenvalue weighted by Gasteiger charge is 2.65. The largest absolute Gasteiger partial charge is 0.507 e. The van der Waals surface area contributed by atoms with Crippen LogP contribution in [0, 0.1) is 0 Å². The van der Waals surface area contributed by atoms with Gasteiger partial charge in [0.1, 0.15) is 16.5 Å². The predicted octanol–water partition coefficient (Wildman–Crippen LogP) is 5.12. The molecule has 4 N–H and O–H groups in total. The Morgan fingerprint density at radius 3 is 2.48 bits per heavy atom. The van der Waals surface area contributed by atoms with Crippen LogP contribution in [0.5, 0.6) is 11.5 Å². The van der Waals surface area contributed by atoms with E-state index in [4.69, 9.17) is 0 Å². The number of alkyl halides is 4. The summed E-state index contributed by atoms with van der Waals surface area (Å²) in [6.07, 6.45) is -5.97. The van der Waals surface area contributed by atoms with Gasteiger partial charge in [-0.15, -0.1) is 11.3 Å². The Bertz CT molecular complexity index is 1590. The van der Waals surface area contributed by atoms with Crippen molar-refractivity contribution in [1.29, 1.82) is 0 Å². The summed E-state index contributed by atoms with van der Waals surface area (Å²) in [4.78, 5) is 37.7. The van der Waals surface area contributed by atoms with Crippen molar-refractivity contribution < 1.29 is 36.6 Å². The zero-order valence-electron chi connectivity index (χ0n) is 21.4. The number of hydrogen-bond acceptors (Lipinski definition) is 9. The second kappa shape index (κ2) is 11.9. The number of aromatic nitrogens is 3. The number of ether oxygens (including phenoxy) is 2. The minimum absolute atomic E-state index is 0.00544. The standard InChI is InChI=1S/C26H21F4N7O4S/c27-25(28)26(29,30)41-19-12-17(4-5-18(19)40-25)36-23(38)21-22(35-14-42-21)34-13-15-6-9-32-20(11-15)37-24(39)33-10-7-16-3-1-2-8-31-16/h1-6,8-9,11-12,14,34H,7,10,13H2,(H,36,38)(H2,32,33,37,39). The van der Waals surface area contributed by atoms with Crippen molar-refractivity contribution in [2.45, 2.75) is 25.2 Å². The third-order valence-electron chi connectivity index (χ3n) is 5.71. The fourth-order valence-electron chi connectivity index (χ4n) is 3.71. The van der Waals surface area contributed by atoms with Gasteiger partial charge >= 0.3 is 18.2 Å². The van der Waals surface area contributed by atoms with Gasteiger partial charge < -0.3 is 25.4 Å². The van der Waals surface area contributed by atoms with Gasteiger partial charge in [0.15, 0.2) is 11.5 Å². The number of fused-ring (bicyclic) bond motifs is 1. The van der Waals surface area contributed by atoms with Crippen LogP contribution in [-0.4, -0.2) is 45.7 Å². The van der Waals surface area contributed by atoms with Crippen LogP contribution in [-0.2, 0) is 13.0 Å². The molecule has 0 radical (unpaired) electrons. The first-order valence-corrected chi connectivity index (χ1v) is 13.1. The van der Waals surface area contributed by atoms with Gasteiger partial charge in [-0.1, -0.05) is 6.07 Å². The number of thiazole rings is 1. The maximum Gasteiger partial charge on any atom is 0.507 e. The number of urea groups is 1. The number of nitrogens with one attached hydrogen (secondary N) is 4. The van der Waals surface area contributed by atoms with E-state index in [-0.39, 0.29) is 22.9 Å². The number of halogens is 4. The monoisotopic (exact) mass is 603 g/mol. The molecule has 1 aromatic carbocycles. The van der Waals surface area contributed by atoms with Crippen LogP contribution in [0.25, 0.3) is 0 Å². The summed E-state index contributed by atoms with van der Waals surface area (Å²) in [7, 11) is 0. The highest BCUT2D eigenvalue weighted by atomic mass is 32.1. The molecule has 3 aromatic heterocycles. The molecular formula is C26H21F4N7O4S. The number of amides is 3. The summed E-state index contributed by atoms with van der Waals surface area (Å²) < 4.78 is 61.9. The van der Waals surface area contributed by atoms with E-state index in [1.54, 1.807) is 18.3 Å². The number of rotatable bonds is 9. The molecule has 16 heteroatoms. The summed E-state index contributed by atoms with van der Waals surface area (Å²) in [6.45, 7) is 0.600. The summed E-state index contributed by atoms with van der Waals surface area (Å²) in [5, 5.41) is 10.9. The number of carbonyl (C=O) groups is 2. The van der Waals surface area contributed by atoms with E-state index in [0.29, 0.717) is 18.8 Å². The molecule has 0 saturated heterocycles. The van der Waals surface area contributed by atoms with E-state index in [0.717, 1.165) is 34.7 Å². The van der Waals surface area contributed by atoms with Crippen LogP contribution >= 0.6 is 11.3 Å². The summed E-state index contributed by atoms with van der Waals surface area (Å²) in [5.74, 6) is -1.34. The Labute approximate surface area is 239 Å². The molecular weight excluding hydrogens is 582 g/mol. The number of nitrogens with zero attached hydrogens (tertiary/aromatic N) is 3. The summed E-state index contributed by atoms with van der Waals surface area (Å²) in [5.41, 5.74) is 3.00.